The molecule has 0 aromatic carbocycles. The van der Waals surface area contributed by atoms with Crippen molar-refractivity contribution in [2.24, 2.45) is 5.73 Å². The van der Waals surface area contributed by atoms with E-state index in [0.717, 1.165) is 19.5 Å². The van der Waals surface area contributed by atoms with Gasteiger partial charge in [0.1, 0.15) is 0 Å². The zero-order valence-corrected chi connectivity index (χ0v) is 9.69. The van der Waals surface area contributed by atoms with E-state index in [0.29, 0.717) is 13.1 Å². The van der Waals surface area contributed by atoms with Crippen molar-refractivity contribution in [2.75, 3.05) is 32.7 Å². The van der Waals surface area contributed by atoms with Crippen molar-refractivity contribution < 1.29 is 9.59 Å². The number of nitrogens with two attached hydrogens (primary N) is 1. The van der Waals surface area contributed by atoms with Gasteiger partial charge in [-0.15, -0.1) is 0 Å². The number of hydrogen-bond donors (Lipinski definition) is 1. The number of rotatable bonds is 3. The molecular formula is C11H19N3O2. The Bertz CT molecular complexity index is 289. The third-order valence-electron chi connectivity index (χ3n) is 2.59. The summed E-state index contributed by atoms with van der Waals surface area (Å²) in [5.74, 6) is -0.267. The molecule has 16 heavy (non-hydrogen) atoms. The van der Waals surface area contributed by atoms with Gasteiger partial charge in [-0.1, -0.05) is 6.08 Å². The second-order valence-electron chi connectivity index (χ2n) is 3.92. The van der Waals surface area contributed by atoms with Crippen LogP contribution < -0.4 is 5.73 Å². The molecule has 0 saturated carbocycles. The highest BCUT2D eigenvalue weighted by Gasteiger charge is 2.17. The Morgan fingerprint density at radius 2 is 2.00 bits per heavy atom. The Morgan fingerprint density at radius 3 is 2.62 bits per heavy atom. The molecule has 2 N–H and O–H groups in total. The van der Waals surface area contributed by atoms with Gasteiger partial charge in [0, 0.05) is 26.2 Å². The first-order chi connectivity index (χ1) is 7.63. The molecule has 0 spiro atoms. The lowest BCUT2D eigenvalue weighted by molar-refractivity contribution is -0.125. The summed E-state index contributed by atoms with van der Waals surface area (Å²) >= 11 is 0. The first-order valence-corrected chi connectivity index (χ1v) is 5.55. The molecule has 1 aliphatic heterocycles. The fourth-order valence-corrected chi connectivity index (χ4v) is 1.82. The quantitative estimate of drug-likeness (QED) is 0.663. The van der Waals surface area contributed by atoms with Crippen LogP contribution in [0.15, 0.2) is 12.2 Å². The Balaban J connectivity index is 2.45. The first-order valence-electron chi connectivity index (χ1n) is 5.55. The van der Waals surface area contributed by atoms with Crippen molar-refractivity contribution in [2.45, 2.75) is 13.3 Å². The largest absolute Gasteiger partial charge is 0.369 e. The van der Waals surface area contributed by atoms with Crippen molar-refractivity contribution in [1.82, 2.24) is 9.80 Å². The predicted octanol–water partition coefficient (Wildman–Crippen LogP) is -0.418. The number of carbonyl (C=O) groups excluding carboxylic acids is 2. The Labute approximate surface area is 95.9 Å². The van der Waals surface area contributed by atoms with Gasteiger partial charge in [-0.3, -0.25) is 14.5 Å². The lowest BCUT2D eigenvalue weighted by atomic mass is 10.3. The number of amides is 2. The molecule has 0 unspecified atom stereocenters. The van der Waals surface area contributed by atoms with Gasteiger partial charge in [0.15, 0.2) is 0 Å². The molecule has 1 fully saturated rings. The fourth-order valence-electron chi connectivity index (χ4n) is 1.82. The van der Waals surface area contributed by atoms with Gasteiger partial charge in [-0.05, 0) is 19.4 Å². The third kappa shape index (κ3) is 4.02. The van der Waals surface area contributed by atoms with Crippen LogP contribution >= 0.6 is 0 Å². The molecule has 2 amide bonds. The number of allylic oxidation sites excluding steroid dienone is 1. The van der Waals surface area contributed by atoms with Gasteiger partial charge in [-0.2, -0.15) is 0 Å². The van der Waals surface area contributed by atoms with E-state index >= 15 is 0 Å². The van der Waals surface area contributed by atoms with Gasteiger partial charge >= 0.3 is 0 Å². The van der Waals surface area contributed by atoms with E-state index in [4.69, 9.17) is 5.73 Å². The smallest absolute Gasteiger partial charge is 0.246 e. The van der Waals surface area contributed by atoms with E-state index in [2.05, 4.69) is 0 Å². The van der Waals surface area contributed by atoms with Crippen molar-refractivity contribution in [3.63, 3.8) is 0 Å². The van der Waals surface area contributed by atoms with Crippen molar-refractivity contribution >= 4 is 11.8 Å². The maximum Gasteiger partial charge on any atom is 0.246 e. The SMILES string of the molecule is CC=CC(=O)N1CCCN(CC(N)=O)CC1. The predicted molar refractivity (Wildman–Crippen MR) is 61.6 cm³/mol. The van der Waals surface area contributed by atoms with Crippen LogP contribution in [0.1, 0.15) is 13.3 Å². The molecule has 1 rings (SSSR count). The van der Waals surface area contributed by atoms with Crippen LogP contribution in [-0.4, -0.2) is 54.3 Å². The van der Waals surface area contributed by atoms with Crippen LogP contribution in [0.25, 0.3) is 0 Å². The monoisotopic (exact) mass is 225 g/mol. The fraction of sp³-hybridized carbons (Fsp3) is 0.636. The van der Waals surface area contributed by atoms with Gasteiger partial charge in [-0.25, -0.2) is 0 Å². The molecule has 0 aliphatic carbocycles. The number of carbonyl (C=O) groups is 2. The topological polar surface area (TPSA) is 66.6 Å². The van der Waals surface area contributed by atoms with Crippen LogP contribution in [0, 0.1) is 0 Å². The number of nitrogens with zero attached hydrogens (tertiary/aromatic N) is 2. The molecule has 5 heteroatoms. The molecular weight excluding hydrogens is 206 g/mol. The van der Waals surface area contributed by atoms with Gasteiger partial charge in [0.2, 0.25) is 11.8 Å². The van der Waals surface area contributed by atoms with Crippen LogP contribution in [-0.2, 0) is 9.59 Å². The summed E-state index contributed by atoms with van der Waals surface area (Å²) in [6.07, 6.45) is 4.20. The highest BCUT2D eigenvalue weighted by molar-refractivity contribution is 5.87. The summed E-state index contributed by atoms with van der Waals surface area (Å²) in [5, 5.41) is 0. The summed E-state index contributed by atoms with van der Waals surface area (Å²) in [6.45, 7) is 5.06. The molecule has 0 radical (unpaired) electrons. The van der Waals surface area contributed by atoms with Gasteiger partial charge in [0.05, 0.1) is 6.54 Å². The van der Waals surface area contributed by atoms with Crippen LogP contribution in [0.2, 0.25) is 0 Å². The average molecular weight is 225 g/mol. The highest BCUT2D eigenvalue weighted by Crippen LogP contribution is 2.03. The standard InChI is InChI=1S/C11H19N3O2/c1-2-4-11(16)14-6-3-5-13(7-8-14)9-10(12)15/h2,4H,3,5-9H2,1H3,(H2,12,15). The van der Waals surface area contributed by atoms with Crippen LogP contribution in [0.3, 0.4) is 0 Å². The second-order valence-corrected chi connectivity index (χ2v) is 3.92. The van der Waals surface area contributed by atoms with E-state index in [1.165, 1.54) is 0 Å². The van der Waals surface area contributed by atoms with E-state index in [1.54, 1.807) is 17.1 Å². The Hall–Kier alpha value is -1.36. The summed E-state index contributed by atoms with van der Waals surface area (Å²) < 4.78 is 0. The van der Waals surface area contributed by atoms with Gasteiger partial charge in [0.25, 0.3) is 0 Å². The first kappa shape index (κ1) is 12.7. The van der Waals surface area contributed by atoms with Crippen molar-refractivity contribution in [3.8, 4) is 0 Å². The number of primary amides is 1. The molecule has 1 aliphatic rings. The zero-order valence-electron chi connectivity index (χ0n) is 9.69. The third-order valence-corrected chi connectivity index (χ3v) is 2.59. The van der Waals surface area contributed by atoms with Crippen LogP contribution in [0.4, 0.5) is 0 Å². The molecule has 0 aromatic rings. The summed E-state index contributed by atoms with van der Waals surface area (Å²) in [7, 11) is 0. The number of hydrogen-bond acceptors (Lipinski definition) is 3. The lowest BCUT2D eigenvalue weighted by Crippen LogP contribution is -2.37. The molecule has 0 atom stereocenters. The van der Waals surface area contributed by atoms with Crippen molar-refractivity contribution in [3.05, 3.63) is 12.2 Å². The van der Waals surface area contributed by atoms with E-state index in [9.17, 15) is 9.59 Å². The molecule has 1 heterocycles. The minimum Gasteiger partial charge on any atom is -0.369 e. The highest BCUT2D eigenvalue weighted by atomic mass is 16.2. The molecule has 5 nitrogen and oxygen atoms in total. The molecule has 90 valence electrons. The zero-order chi connectivity index (χ0) is 12.0. The molecule has 0 aromatic heterocycles. The summed E-state index contributed by atoms with van der Waals surface area (Å²) in [6, 6.07) is 0. The van der Waals surface area contributed by atoms with E-state index in [-0.39, 0.29) is 18.4 Å². The summed E-state index contributed by atoms with van der Waals surface area (Å²) in [5.41, 5.74) is 5.14. The Morgan fingerprint density at radius 1 is 1.25 bits per heavy atom. The molecule has 1 saturated heterocycles. The van der Waals surface area contributed by atoms with Crippen LogP contribution in [0.5, 0.6) is 0 Å². The lowest BCUT2D eigenvalue weighted by Gasteiger charge is -2.19. The maximum absolute atomic E-state index is 11.6. The second kappa shape index (κ2) is 6.27. The maximum atomic E-state index is 11.6. The van der Waals surface area contributed by atoms with E-state index < -0.39 is 0 Å². The minimum absolute atomic E-state index is 0.0448. The van der Waals surface area contributed by atoms with E-state index in [1.807, 2.05) is 11.8 Å². The summed E-state index contributed by atoms with van der Waals surface area (Å²) in [4.78, 5) is 26.2. The van der Waals surface area contributed by atoms with Gasteiger partial charge < -0.3 is 10.6 Å². The average Bonchev–Trinajstić information content (AvgIpc) is 2.43. The minimum atomic E-state index is -0.312. The Kier molecular flexibility index (Phi) is 4.98. The normalized spacial score (nSPS) is 18.7. The molecule has 0 bridgehead atoms. The van der Waals surface area contributed by atoms with Crippen molar-refractivity contribution in [1.29, 1.82) is 0 Å².